The number of carbonyl (C=O) groups is 2. The van der Waals surface area contributed by atoms with Crippen molar-refractivity contribution in [3.8, 4) is 0 Å². The molecule has 0 saturated carbocycles. The number of hydrogen-bond acceptors (Lipinski definition) is 4. The number of nitrogens with zero attached hydrogens (tertiary/aromatic N) is 4. The average Bonchev–Trinajstić information content (AvgIpc) is 2.64. The van der Waals surface area contributed by atoms with E-state index in [1.807, 2.05) is 4.90 Å². The molecule has 0 spiro atoms. The van der Waals surface area contributed by atoms with E-state index in [9.17, 15) is 14.7 Å². The van der Waals surface area contributed by atoms with E-state index in [1.165, 1.54) is 0 Å². The number of carboxylic acids is 1. The van der Waals surface area contributed by atoms with Crippen LogP contribution in [0.5, 0.6) is 0 Å². The van der Waals surface area contributed by atoms with Crippen molar-refractivity contribution in [3.63, 3.8) is 0 Å². The van der Waals surface area contributed by atoms with Crippen LogP contribution >= 0.6 is 0 Å². The Morgan fingerprint density at radius 2 is 1.79 bits per heavy atom. The molecule has 104 valence electrons. The second-order valence-electron chi connectivity index (χ2n) is 4.71. The van der Waals surface area contributed by atoms with Crippen LogP contribution in [0.3, 0.4) is 0 Å². The topological polar surface area (TPSA) is 78.7 Å². The first-order chi connectivity index (χ1) is 8.91. The van der Waals surface area contributed by atoms with Gasteiger partial charge >= 0.3 is 5.97 Å². The molecule has 0 unspecified atom stereocenters. The fraction of sp³-hybridized carbons (Fsp3) is 0.583. The Kier molecular flexibility index (Phi) is 3.46. The Bertz CT molecular complexity index is 515. The van der Waals surface area contributed by atoms with Gasteiger partial charge in [-0.3, -0.25) is 9.48 Å². The molecule has 7 nitrogen and oxygen atoms in total. The van der Waals surface area contributed by atoms with Gasteiger partial charge in [0, 0.05) is 40.2 Å². The minimum atomic E-state index is -0.963. The fourth-order valence-electron chi connectivity index (χ4n) is 2.49. The molecule has 7 heteroatoms. The summed E-state index contributed by atoms with van der Waals surface area (Å²) in [5, 5.41) is 13.5. The summed E-state index contributed by atoms with van der Waals surface area (Å²) in [4.78, 5) is 26.3. The van der Waals surface area contributed by atoms with Gasteiger partial charge in [0.1, 0.15) is 11.4 Å². The number of anilines is 1. The second kappa shape index (κ2) is 4.91. The fourth-order valence-corrected chi connectivity index (χ4v) is 2.49. The third kappa shape index (κ3) is 2.40. The Morgan fingerprint density at radius 3 is 2.26 bits per heavy atom. The van der Waals surface area contributed by atoms with Crippen LogP contribution in [0.15, 0.2) is 0 Å². The maximum absolute atomic E-state index is 11.3. The number of hydrogen-bond donors (Lipinski definition) is 1. The average molecular weight is 266 g/mol. The van der Waals surface area contributed by atoms with Gasteiger partial charge in [-0.1, -0.05) is 0 Å². The van der Waals surface area contributed by atoms with E-state index in [4.69, 9.17) is 0 Å². The van der Waals surface area contributed by atoms with Crippen LogP contribution in [0.4, 0.5) is 5.82 Å². The highest BCUT2D eigenvalue weighted by atomic mass is 16.4. The van der Waals surface area contributed by atoms with Crippen LogP contribution in [0.25, 0.3) is 0 Å². The summed E-state index contributed by atoms with van der Waals surface area (Å²) in [6, 6.07) is 0. The van der Waals surface area contributed by atoms with Crippen molar-refractivity contribution in [2.45, 2.75) is 13.8 Å². The first-order valence-electron chi connectivity index (χ1n) is 6.19. The Morgan fingerprint density at radius 1 is 1.21 bits per heavy atom. The number of aromatic carboxylic acids is 1. The lowest BCUT2D eigenvalue weighted by molar-refractivity contribution is -0.129. The van der Waals surface area contributed by atoms with E-state index in [2.05, 4.69) is 5.10 Å². The third-order valence-electron chi connectivity index (χ3n) is 3.43. The van der Waals surface area contributed by atoms with E-state index in [1.54, 1.807) is 30.5 Å². The zero-order valence-corrected chi connectivity index (χ0v) is 11.4. The molecule has 0 aromatic carbocycles. The number of piperazine rings is 1. The summed E-state index contributed by atoms with van der Waals surface area (Å²) in [7, 11) is 1.74. The van der Waals surface area contributed by atoms with Crippen molar-refractivity contribution < 1.29 is 14.7 Å². The number of amides is 1. The summed E-state index contributed by atoms with van der Waals surface area (Å²) >= 11 is 0. The van der Waals surface area contributed by atoms with Gasteiger partial charge in [-0.15, -0.1) is 0 Å². The molecule has 1 aliphatic rings. The lowest BCUT2D eigenvalue weighted by Crippen LogP contribution is -2.49. The lowest BCUT2D eigenvalue weighted by atomic mass is 10.2. The molecule has 1 amide bonds. The molecule has 1 saturated heterocycles. The zero-order valence-electron chi connectivity index (χ0n) is 11.4. The first-order valence-corrected chi connectivity index (χ1v) is 6.19. The van der Waals surface area contributed by atoms with Gasteiger partial charge in [-0.2, -0.15) is 5.10 Å². The summed E-state index contributed by atoms with van der Waals surface area (Å²) in [6.45, 7) is 5.71. The second-order valence-corrected chi connectivity index (χ2v) is 4.71. The molecule has 0 bridgehead atoms. The predicted octanol–water partition coefficient (Wildman–Crippen LogP) is 0.0952. The lowest BCUT2D eigenvalue weighted by Gasteiger charge is -2.35. The molecule has 1 aromatic heterocycles. The van der Waals surface area contributed by atoms with E-state index in [-0.39, 0.29) is 11.5 Å². The van der Waals surface area contributed by atoms with Crippen molar-refractivity contribution in [2.24, 2.45) is 7.05 Å². The largest absolute Gasteiger partial charge is 0.477 e. The van der Waals surface area contributed by atoms with E-state index in [0.29, 0.717) is 37.7 Å². The van der Waals surface area contributed by atoms with Gasteiger partial charge in [0.05, 0.1) is 5.69 Å². The third-order valence-corrected chi connectivity index (χ3v) is 3.43. The molecule has 1 fully saturated rings. The van der Waals surface area contributed by atoms with Crippen molar-refractivity contribution in [1.82, 2.24) is 14.7 Å². The minimum absolute atomic E-state index is 0.0549. The normalized spacial score (nSPS) is 15.7. The van der Waals surface area contributed by atoms with Gasteiger partial charge in [0.15, 0.2) is 0 Å². The minimum Gasteiger partial charge on any atom is -0.477 e. The predicted molar refractivity (Wildman–Crippen MR) is 69.4 cm³/mol. The maximum atomic E-state index is 11.3. The Balaban J connectivity index is 2.24. The van der Waals surface area contributed by atoms with Crippen molar-refractivity contribution in [3.05, 3.63) is 11.3 Å². The quantitative estimate of drug-likeness (QED) is 0.821. The molecule has 0 radical (unpaired) electrons. The van der Waals surface area contributed by atoms with Gasteiger partial charge < -0.3 is 14.9 Å². The molecule has 1 aromatic rings. The molecular weight excluding hydrogens is 248 g/mol. The summed E-state index contributed by atoms with van der Waals surface area (Å²) in [5.74, 6) is -0.290. The number of aromatic nitrogens is 2. The maximum Gasteiger partial charge on any atom is 0.341 e. The molecule has 2 rings (SSSR count). The van der Waals surface area contributed by atoms with E-state index < -0.39 is 5.97 Å². The van der Waals surface area contributed by atoms with Gasteiger partial charge in [0.2, 0.25) is 5.91 Å². The Labute approximate surface area is 111 Å². The number of carbonyl (C=O) groups excluding carboxylic acids is 1. The van der Waals surface area contributed by atoms with E-state index >= 15 is 0 Å². The van der Waals surface area contributed by atoms with Crippen LogP contribution in [0.2, 0.25) is 0 Å². The molecule has 1 N–H and O–H groups in total. The summed E-state index contributed by atoms with van der Waals surface area (Å²) < 4.78 is 1.60. The zero-order chi connectivity index (χ0) is 14.2. The molecular formula is C12H18N4O3. The molecule has 19 heavy (non-hydrogen) atoms. The highest BCUT2D eigenvalue weighted by molar-refractivity contribution is 5.95. The first kappa shape index (κ1) is 13.4. The van der Waals surface area contributed by atoms with Gasteiger partial charge in [0.25, 0.3) is 0 Å². The highest BCUT2D eigenvalue weighted by Crippen LogP contribution is 2.24. The molecule has 0 atom stereocenters. The number of carboxylic acid groups (broad SMARTS) is 1. The monoisotopic (exact) mass is 266 g/mol. The van der Waals surface area contributed by atoms with Crippen LogP contribution < -0.4 is 4.90 Å². The van der Waals surface area contributed by atoms with Gasteiger partial charge in [-0.25, -0.2) is 4.79 Å². The van der Waals surface area contributed by atoms with Crippen molar-refractivity contribution in [1.29, 1.82) is 0 Å². The highest BCUT2D eigenvalue weighted by Gasteiger charge is 2.27. The van der Waals surface area contributed by atoms with Crippen LogP contribution in [-0.2, 0) is 11.8 Å². The molecule has 1 aliphatic heterocycles. The standard InChI is InChI=1S/C12H18N4O3/c1-8-10(12(18)19)11(14(3)13-8)16-6-4-15(5-7-16)9(2)17/h4-7H2,1-3H3,(H,18,19). The van der Waals surface area contributed by atoms with Crippen LogP contribution in [0.1, 0.15) is 23.0 Å². The van der Waals surface area contributed by atoms with Crippen LogP contribution in [0, 0.1) is 6.92 Å². The summed E-state index contributed by atoms with van der Waals surface area (Å²) in [6.07, 6.45) is 0. The SMILES string of the molecule is CC(=O)N1CCN(c2c(C(=O)O)c(C)nn2C)CC1. The Hall–Kier alpha value is -2.05. The van der Waals surface area contributed by atoms with Crippen LogP contribution in [-0.4, -0.2) is 57.8 Å². The number of rotatable bonds is 2. The van der Waals surface area contributed by atoms with Crippen molar-refractivity contribution >= 4 is 17.7 Å². The van der Waals surface area contributed by atoms with Gasteiger partial charge in [-0.05, 0) is 6.92 Å². The number of aryl methyl sites for hydroxylation is 2. The smallest absolute Gasteiger partial charge is 0.341 e. The molecule has 2 heterocycles. The van der Waals surface area contributed by atoms with Crippen molar-refractivity contribution in [2.75, 3.05) is 31.1 Å². The molecule has 0 aliphatic carbocycles. The summed E-state index contributed by atoms with van der Waals surface area (Å²) in [5.41, 5.74) is 0.762. The van der Waals surface area contributed by atoms with E-state index in [0.717, 1.165) is 0 Å².